The van der Waals surface area contributed by atoms with E-state index < -0.39 is 0 Å². The fourth-order valence-electron chi connectivity index (χ4n) is 3.76. The third-order valence-electron chi connectivity index (χ3n) is 5.14. The van der Waals surface area contributed by atoms with Crippen LogP contribution in [0.1, 0.15) is 35.9 Å². The molecule has 2 aromatic carbocycles. The van der Waals surface area contributed by atoms with Crippen molar-refractivity contribution >= 4 is 27.9 Å². The molecule has 2 aromatic heterocycles. The van der Waals surface area contributed by atoms with E-state index in [2.05, 4.69) is 26.0 Å². The highest BCUT2D eigenvalue weighted by atomic mass is 16.5. The summed E-state index contributed by atoms with van der Waals surface area (Å²) in [7, 11) is 0. The molecule has 7 nitrogen and oxygen atoms in total. The standard InChI is InChI=1S/C22H22N4O3/c1-4-25-14(3)26(19-12-15(10-11-18(19)25)22(28)29-5-2)13-20-23-17-9-7-6-8-16(17)21(27)24-20/h6-12H,4-5,13H2,1-3H3/p+1. The van der Waals surface area contributed by atoms with E-state index in [1.54, 1.807) is 19.1 Å². The predicted octanol–water partition coefficient (Wildman–Crippen LogP) is 2.72. The van der Waals surface area contributed by atoms with Gasteiger partial charge in [-0.2, -0.15) is 0 Å². The molecule has 0 aliphatic heterocycles. The smallest absolute Gasteiger partial charge is 0.338 e. The largest absolute Gasteiger partial charge is 0.462 e. The molecule has 0 aliphatic carbocycles. The third kappa shape index (κ3) is 3.29. The molecule has 4 rings (SSSR count). The molecule has 0 fully saturated rings. The summed E-state index contributed by atoms with van der Waals surface area (Å²) in [5.41, 5.74) is 2.92. The maximum Gasteiger partial charge on any atom is 0.338 e. The fourth-order valence-corrected chi connectivity index (χ4v) is 3.76. The van der Waals surface area contributed by atoms with E-state index in [-0.39, 0.29) is 11.5 Å². The Morgan fingerprint density at radius 3 is 2.76 bits per heavy atom. The van der Waals surface area contributed by atoms with Crippen LogP contribution in [0, 0.1) is 6.92 Å². The highest BCUT2D eigenvalue weighted by molar-refractivity contribution is 5.93. The second-order valence-corrected chi connectivity index (χ2v) is 6.83. The molecule has 0 saturated heterocycles. The number of carbonyl (C=O) groups is 1. The Labute approximate surface area is 167 Å². The van der Waals surface area contributed by atoms with Crippen LogP contribution in [0.15, 0.2) is 47.3 Å². The van der Waals surface area contributed by atoms with Gasteiger partial charge in [0.1, 0.15) is 6.54 Å². The van der Waals surface area contributed by atoms with Crippen molar-refractivity contribution in [2.45, 2.75) is 33.9 Å². The Bertz CT molecular complexity index is 1290. The number of hydrogen-bond acceptors (Lipinski definition) is 4. The van der Waals surface area contributed by atoms with Crippen LogP contribution < -0.4 is 10.1 Å². The molecule has 0 unspecified atom stereocenters. The molecule has 29 heavy (non-hydrogen) atoms. The molecule has 0 aliphatic rings. The summed E-state index contributed by atoms with van der Waals surface area (Å²) in [5.74, 6) is 1.23. The number of aromatic nitrogens is 4. The Balaban J connectivity index is 1.86. The zero-order chi connectivity index (χ0) is 20.5. The summed E-state index contributed by atoms with van der Waals surface area (Å²) < 4.78 is 9.38. The van der Waals surface area contributed by atoms with Crippen molar-refractivity contribution in [2.75, 3.05) is 6.61 Å². The summed E-state index contributed by atoms with van der Waals surface area (Å²) in [6.45, 7) is 7.39. The second-order valence-electron chi connectivity index (χ2n) is 6.83. The molecule has 0 amide bonds. The van der Waals surface area contributed by atoms with Crippen molar-refractivity contribution in [3.05, 3.63) is 70.0 Å². The van der Waals surface area contributed by atoms with E-state index in [0.717, 1.165) is 23.4 Å². The average molecular weight is 391 g/mol. The SMILES string of the molecule is CCOC(=O)c1ccc2c(c1)n(Cc1nc3ccccc3c(=O)[nH]1)c(C)[n+]2CC. The molecule has 0 radical (unpaired) electrons. The van der Waals surface area contributed by atoms with Gasteiger partial charge in [-0.25, -0.2) is 18.9 Å². The molecule has 0 atom stereocenters. The van der Waals surface area contributed by atoms with E-state index in [9.17, 15) is 9.59 Å². The minimum atomic E-state index is -0.347. The number of benzene rings is 2. The number of para-hydroxylation sites is 1. The summed E-state index contributed by atoms with van der Waals surface area (Å²) in [6, 6.07) is 12.8. The Hall–Kier alpha value is -3.48. The first-order valence-corrected chi connectivity index (χ1v) is 9.71. The number of carbonyl (C=O) groups excluding carboxylic acids is 1. The minimum absolute atomic E-state index is 0.157. The molecule has 2 heterocycles. The number of aryl methyl sites for hydroxylation is 1. The number of ether oxygens (including phenoxy) is 1. The van der Waals surface area contributed by atoms with Gasteiger partial charge < -0.3 is 9.72 Å². The van der Waals surface area contributed by atoms with Crippen LogP contribution in [-0.2, 0) is 17.8 Å². The lowest BCUT2D eigenvalue weighted by Crippen LogP contribution is -2.35. The summed E-state index contributed by atoms with van der Waals surface area (Å²) in [5, 5.41) is 0.568. The van der Waals surface area contributed by atoms with Gasteiger partial charge in [0.15, 0.2) is 16.9 Å². The number of nitrogens with zero attached hydrogens (tertiary/aromatic N) is 3. The number of fused-ring (bicyclic) bond motifs is 2. The van der Waals surface area contributed by atoms with Crippen molar-refractivity contribution in [1.29, 1.82) is 0 Å². The molecule has 0 saturated carbocycles. The van der Waals surface area contributed by atoms with Gasteiger partial charge in [-0.05, 0) is 38.1 Å². The first-order valence-electron chi connectivity index (χ1n) is 9.71. The molecule has 4 aromatic rings. The molecule has 0 bridgehead atoms. The van der Waals surface area contributed by atoms with E-state index in [4.69, 9.17) is 4.74 Å². The highest BCUT2D eigenvalue weighted by Crippen LogP contribution is 2.19. The van der Waals surface area contributed by atoms with Gasteiger partial charge in [-0.15, -0.1) is 0 Å². The minimum Gasteiger partial charge on any atom is -0.462 e. The topological polar surface area (TPSA) is 80.9 Å². The molecular weight excluding hydrogens is 368 g/mol. The molecule has 0 spiro atoms. The zero-order valence-corrected chi connectivity index (χ0v) is 16.7. The van der Waals surface area contributed by atoms with Gasteiger partial charge in [0.25, 0.3) is 11.4 Å². The van der Waals surface area contributed by atoms with Crippen LogP contribution in [0.4, 0.5) is 0 Å². The average Bonchev–Trinajstić information content (AvgIpc) is 2.98. The maximum absolute atomic E-state index is 12.4. The first-order chi connectivity index (χ1) is 14.0. The van der Waals surface area contributed by atoms with Crippen molar-refractivity contribution in [2.24, 2.45) is 0 Å². The number of imidazole rings is 1. The van der Waals surface area contributed by atoms with Crippen LogP contribution in [0.2, 0.25) is 0 Å². The highest BCUT2D eigenvalue weighted by Gasteiger charge is 2.23. The van der Waals surface area contributed by atoms with Gasteiger partial charge in [0.2, 0.25) is 0 Å². The predicted molar refractivity (Wildman–Crippen MR) is 110 cm³/mol. The van der Waals surface area contributed by atoms with E-state index >= 15 is 0 Å². The fraction of sp³-hybridized carbons (Fsp3) is 0.273. The molecule has 7 heteroatoms. The van der Waals surface area contributed by atoms with Crippen LogP contribution in [0.5, 0.6) is 0 Å². The molecular formula is C22H23N4O3+. The van der Waals surface area contributed by atoms with E-state index in [1.165, 1.54) is 0 Å². The van der Waals surface area contributed by atoms with E-state index in [0.29, 0.717) is 35.4 Å². The second kappa shape index (κ2) is 7.50. The number of nitrogens with one attached hydrogen (secondary N) is 1. The number of rotatable bonds is 5. The third-order valence-corrected chi connectivity index (χ3v) is 5.14. The monoisotopic (exact) mass is 391 g/mol. The van der Waals surface area contributed by atoms with Crippen LogP contribution in [-0.4, -0.2) is 27.1 Å². The van der Waals surface area contributed by atoms with Crippen molar-refractivity contribution in [3.8, 4) is 0 Å². The lowest BCUT2D eigenvalue weighted by Gasteiger charge is -2.04. The van der Waals surface area contributed by atoms with Crippen molar-refractivity contribution in [1.82, 2.24) is 14.5 Å². The maximum atomic E-state index is 12.4. The number of aromatic amines is 1. The first kappa shape index (κ1) is 18.9. The molecule has 1 N–H and O–H groups in total. The summed E-state index contributed by atoms with van der Waals surface area (Å²) >= 11 is 0. The van der Waals surface area contributed by atoms with Gasteiger partial charge in [-0.3, -0.25) is 4.79 Å². The summed E-state index contributed by atoms with van der Waals surface area (Å²) in [4.78, 5) is 32.2. The zero-order valence-electron chi connectivity index (χ0n) is 16.7. The van der Waals surface area contributed by atoms with Crippen LogP contribution >= 0.6 is 0 Å². The van der Waals surface area contributed by atoms with Gasteiger partial charge in [0.05, 0.1) is 29.6 Å². The van der Waals surface area contributed by atoms with Gasteiger partial charge in [0, 0.05) is 13.0 Å². The quantitative estimate of drug-likeness (QED) is 0.419. The Morgan fingerprint density at radius 1 is 1.21 bits per heavy atom. The number of hydrogen-bond donors (Lipinski definition) is 1. The van der Waals surface area contributed by atoms with Gasteiger partial charge in [-0.1, -0.05) is 12.1 Å². The number of esters is 1. The lowest BCUT2D eigenvalue weighted by atomic mass is 10.2. The van der Waals surface area contributed by atoms with Crippen molar-refractivity contribution < 1.29 is 14.1 Å². The van der Waals surface area contributed by atoms with Crippen LogP contribution in [0.3, 0.4) is 0 Å². The number of H-pyrrole nitrogens is 1. The van der Waals surface area contributed by atoms with Crippen LogP contribution in [0.25, 0.3) is 21.9 Å². The summed E-state index contributed by atoms with van der Waals surface area (Å²) in [6.07, 6.45) is 0. The molecule has 148 valence electrons. The normalized spacial score (nSPS) is 11.3. The Kier molecular flexibility index (Phi) is 4.88. The van der Waals surface area contributed by atoms with Crippen molar-refractivity contribution in [3.63, 3.8) is 0 Å². The van der Waals surface area contributed by atoms with E-state index in [1.807, 2.05) is 37.3 Å². The Morgan fingerprint density at radius 2 is 2.00 bits per heavy atom. The lowest BCUT2D eigenvalue weighted by molar-refractivity contribution is -0.674. The van der Waals surface area contributed by atoms with Gasteiger partial charge >= 0.3 is 5.97 Å².